The Hall–Kier alpha value is -4.01. The highest BCUT2D eigenvalue weighted by Crippen LogP contribution is 2.36. The minimum Gasteiger partial charge on any atom is -0.454 e. The molecule has 0 unspecified atom stereocenters. The van der Waals surface area contributed by atoms with E-state index in [1.54, 1.807) is 48.7 Å². The fraction of sp³-hybridized carbons (Fsp3) is 0.0800. The summed E-state index contributed by atoms with van der Waals surface area (Å²) in [7, 11) is 0. The van der Waals surface area contributed by atoms with Gasteiger partial charge in [-0.05, 0) is 35.9 Å². The molecule has 0 bridgehead atoms. The van der Waals surface area contributed by atoms with Gasteiger partial charge in [-0.3, -0.25) is 9.59 Å². The molecule has 8 heteroatoms. The van der Waals surface area contributed by atoms with Crippen molar-refractivity contribution in [2.45, 2.75) is 13.1 Å². The van der Waals surface area contributed by atoms with E-state index >= 15 is 0 Å². The smallest absolute Gasteiger partial charge is 0.259 e. The van der Waals surface area contributed by atoms with Gasteiger partial charge in [-0.15, -0.1) is 11.3 Å². The van der Waals surface area contributed by atoms with Crippen molar-refractivity contribution in [1.82, 2.24) is 10.3 Å². The van der Waals surface area contributed by atoms with Crippen molar-refractivity contribution in [2.75, 3.05) is 5.32 Å². The minimum atomic E-state index is -0.279. The number of para-hydroxylation sites is 1. The molecule has 1 aliphatic heterocycles. The average molecular weight is 457 g/mol. The summed E-state index contributed by atoms with van der Waals surface area (Å²) in [6.45, 7) is 0.851. The largest absolute Gasteiger partial charge is 0.454 e. The fourth-order valence-corrected chi connectivity index (χ4v) is 4.34. The van der Waals surface area contributed by atoms with Crippen LogP contribution >= 0.6 is 11.3 Å². The lowest BCUT2D eigenvalue weighted by Crippen LogP contribution is -2.22. The molecule has 0 spiro atoms. The van der Waals surface area contributed by atoms with E-state index in [1.807, 2.05) is 24.3 Å². The molecule has 0 aliphatic carbocycles. The number of anilines is 1. The Morgan fingerprint density at radius 1 is 1.06 bits per heavy atom. The molecule has 3 aromatic carbocycles. The number of carbonyl (C=O) groups is 2. The molecule has 4 aromatic rings. The fourth-order valence-electron chi connectivity index (χ4n) is 3.48. The normalized spacial score (nSPS) is 12.1. The summed E-state index contributed by atoms with van der Waals surface area (Å²) in [5.74, 6) is 0.428. The molecular formula is C25H20N4O3S. The lowest BCUT2D eigenvalue weighted by Gasteiger charge is -2.10. The second-order valence-corrected chi connectivity index (χ2v) is 8.59. The predicted molar refractivity (Wildman–Crippen MR) is 128 cm³/mol. The van der Waals surface area contributed by atoms with E-state index in [1.165, 1.54) is 11.3 Å². The molecule has 33 heavy (non-hydrogen) atoms. The summed E-state index contributed by atoms with van der Waals surface area (Å²) in [4.78, 5) is 30.7. The lowest BCUT2D eigenvalue weighted by molar-refractivity contribution is 0.0950. The molecular weight excluding hydrogens is 436 g/mol. The van der Waals surface area contributed by atoms with Crippen LogP contribution in [-0.2, 0) is 13.1 Å². The van der Waals surface area contributed by atoms with E-state index in [4.69, 9.17) is 10.5 Å². The van der Waals surface area contributed by atoms with Gasteiger partial charge in [-0.25, -0.2) is 4.98 Å². The van der Waals surface area contributed by atoms with Crippen LogP contribution in [0.2, 0.25) is 0 Å². The average Bonchev–Trinajstić information content (AvgIpc) is 3.27. The highest BCUT2D eigenvalue weighted by Gasteiger charge is 2.21. The standard InChI is InChI=1S/C25H20N4O3S/c26-12-15-5-7-16(8-6-15)25-28-14-18(33-25)13-27-23(30)17-9-10-22-20(11-17)29-24(31)19-3-1-2-4-21(19)32-22/h1-11,14H,12-13,26H2,(H,27,30)(H,29,31). The summed E-state index contributed by atoms with van der Waals surface area (Å²) >= 11 is 1.52. The van der Waals surface area contributed by atoms with Crippen LogP contribution in [-0.4, -0.2) is 16.8 Å². The van der Waals surface area contributed by atoms with Crippen molar-refractivity contribution in [2.24, 2.45) is 5.73 Å². The van der Waals surface area contributed by atoms with Gasteiger partial charge >= 0.3 is 0 Å². The maximum atomic E-state index is 12.7. The Bertz CT molecular complexity index is 1350. The van der Waals surface area contributed by atoms with E-state index in [0.717, 1.165) is 21.0 Å². The number of ether oxygens (including phenoxy) is 1. The van der Waals surface area contributed by atoms with Gasteiger partial charge in [-0.2, -0.15) is 0 Å². The van der Waals surface area contributed by atoms with Gasteiger partial charge in [-0.1, -0.05) is 36.4 Å². The Kier molecular flexibility index (Phi) is 5.60. The second-order valence-electron chi connectivity index (χ2n) is 7.48. The van der Waals surface area contributed by atoms with Crippen LogP contribution in [0.5, 0.6) is 11.5 Å². The van der Waals surface area contributed by atoms with Gasteiger partial charge in [0.2, 0.25) is 0 Å². The summed E-state index contributed by atoms with van der Waals surface area (Å²) in [5.41, 5.74) is 9.04. The number of aromatic nitrogens is 1. The van der Waals surface area contributed by atoms with Gasteiger partial charge in [0, 0.05) is 28.7 Å². The molecule has 1 aromatic heterocycles. The summed E-state index contributed by atoms with van der Waals surface area (Å²) in [5, 5.41) is 6.61. The first-order chi connectivity index (χ1) is 16.1. The van der Waals surface area contributed by atoms with Crippen molar-refractivity contribution < 1.29 is 14.3 Å². The zero-order chi connectivity index (χ0) is 22.8. The molecule has 7 nitrogen and oxygen atoms in total. The Morgan fingerprint density at radius 2 is 1.88 bits per heavy atom. The van der Waals surface area contributed by atoms with Crippen molar-refractivity contribution in [3.63, 3.8) is 0 Å². The maximum absolute atomic E-state index is 12.7. The number of rotatable bonds is 5. The van der Waals surface area contributed by atoms with Gasteiger partial charge in [0.05, 0.1) is 17.8 Å². The van der Waals surface area contributed by atoms with Crippen molar-refractivity contribution in [1.29, 1.82) is 0 Å². The van der Waals surface area contributed by atoms with Gasteiger partial charge in [0.1, 0.15) is 10.8 Å². The topological polar surface area (TPSA) is 106 Å². The first-order valence-corrected chi connectivity index (χ1v) is 11.2. The Labute approximate surface area is 194 Å². The van der Waals surface area contributed by atoms with Crippen LogP contribution in [0.4, 0.5) is 5.69 Å². The second kappa shape index (κ2) is 8.85. The zero-order valence-corrected chi connectivity index (χ0v) is 18.3. The molecule has 5 rings (SSSR count). The number of fused-ring (bicyclic) bond motifs is 2. The molecule has 0 fully saturated rings. The van der Waals surface area contributed by atoms with E-state index in [-0.39, 0.29) is 11.8 Å². The minimum absolute atomic E-state index is 0.254. The van der Waals surface area contributed by atoms with Crippen LogP contribution in [0.1, 0.15) is 31.2 Å². The molecule has 0 saturated heterocycles. The molecule has 1 aliphatic rings. The molecule has 0 atom stereocenters. The number of thiazole rings is 1. The van der Waals surface area contributed by atoms with E-state index in [9.17, 15) is 9.59 Å². The number of nitrogens with one attached hydrogen (secondary N) is 2. The molecule has 0 radical (unpaired) electrons. The number of nitrogens with two attached hydrogens (primary N) is 1. The number of amides is 2. The van der Waals surface area contributed by atoms with Crippen LogP contribution < -0.4 is 21.1 Å². The first-order valence-electron chi connectivity index (χ1n) is 10.4. The number of benzene rings is 3. The van der Waals surface area contributed by atoms with Gasteiger partial charge < -0.3 is 21.1 Å². The predicted octanol–water partition coefficient (Wildman–Crippen LogP) is 4.56. The van der Waals surface area contributed by atoms with Crippen LogP contribution in [0.3, 0.4) is 0 Å². The molecule has 2 heterocycles. The van der Waals surface area contributed by atoms with Gasteiger partial charge in [0.25, 0.3) is 11.8 Å². The molecule has 2 amide bonds. The number of hydrogen-bond acceptors (Lipinski definition) is 6. The van der Waals surface area contributed by atoms with Crippen molar-refractivity contribution in [3.05, 3.63) is 94.5 Å². The van der Waals surface area contributed by atoms with E-state index < -0.39 is 0 Å². The Balaban J connectivity index is 1.27. The highest BCUT2D eigenvalue weighted by atomic mass is 32.1. The zero-order valence-electron chi connectivity index (χ0n) is 17.5. The number of nitrogens with zero attached hydrogens (tertiary/aromatic N) is 1. The van der Waals surface area contributed by atoms with Crippen LogP contribution in [0.15, 0.2) is 72.9 Å². The van der Waals surface area contributed by atoms with Crippen LogP contribution in [0.25, 0.3) is 10.6 Å². The molecule has 164 valence electrons. The number of carbonyl (C=O) groups excluding carboxylic acids is 2. The van der Waals surface area contributed by atoms with Crippen LogP contribution in [0, 0.1) is 0 Å². The quantitative estimate of drug-likeness (QED) is 0.408. The molecule has 4 N–H and O–H groups in total. The first kappa shape index (κ1) is 20.9. The van der Waals surface area contributed by atoms with E-state index in [2.05, 4.69) is 15.6 Å². The summed E-state index contributed by atoms with van der Waals surface area (Å²) < 4.78 is 5.87. The lowest BCUT2D eigenvalue weighted by atomic mass is 10.1. The van der Waals surface area contributed by atoms with Crippen molar-refractivity contribution >= 4 is 28.8 Å². The van der Waals surface area contributed by atoms with E-state index in [0.29, 0.717) is 41.4 Å². The maximum Gasteiger partial charge on any atom is 0.259 e. The monoisotopic (exact) mass is 456 g/mol. The molecule has 0 saturated carbocycles. The number of hydrogen-bond donors (Lipinski definition) is 3. The third kappa shape index (κ3) is 4.34. The third-order valence-electron chi connectivity index (χ3n) is 5.25. The Morgan fingerprint density at radius 3 is 2.70 bits per heavy atom. The van der Waals surface area contributed by atoms with Gasteiger partial charge in [0.15, 0.2) is 5.75 Å². The SMILES string of the molecule is NCc1ccc(-c2ncc(CNC(=O)c3ccc4c(c3)NC(=O)c3ccccc3O4)s2)cc1. The summed E-state index contributed by atoms with van der Waals surface area (Å²) in [6.07, 6.45) is 1.76. The third-order valence-corrected chi connectivity index (χ3v) is 6.30. The van der Waals surface area contributed by atoms with Crippen molar-refractivity contribution in [3.8, 4) is 22.1 Å². The summed E-state index contributed by atoms with van der Waals surface area (Å²) in [6, 6.07) is 19.9. The highest BCUT2D eigenvalue weighted by molar-refractivity contribution is 7.15.